The second-order valence-electron chi connectivity index (χ2n) is 5.59. The molecule has 2 atom stereocenters. The van der Waals surface area contributed by atoms with Gasteiger partial charge in [-0.25, -0.2) is 0 Å². The van der Waals surface area contributed by atoms with Gasteiger partial charge in [-0.1, -0.05) is 19.3 Å². The second kappa shape index (κ2) is 5.39. The molecule has 17 heavy (non-hydrogen) atoms. The van der Waals surface area contributed by atoms with E-state index in [0.717, 1.165) is 31.8 Å². The van der Waals surface area contributed by atoms with E-state index in [2.05, 4.69) is 23.1 Å². The number of likely N-dealkylation sites (tertiary alicyclic amines) is 1. The molecule has 2 unspecified atom stereocenters. The predicted molar refractivity (Wildman–Crippen MR) is 71.7 cm³/mol. The Balaban J connectivity index is 1.93. The lowest BCUT2D eigenvalue weighted by atomic mass is 9.96. The fourth-order valence-electron chi connectivity index (χ4n) is 2.85. The van der Waals surface area contributed by atoms with Crippen molar-refractivity contribution in [2.45, 2.75) is 56.7 Å². The minimum atomic E-state index is 0.0643. The molecule has 1 aliphatic heterocycles. The summed E-state index contributed by atoms with van der Waals surface area (Å²) in [6, 6.07) is 1.02. The number of hydrogen-bond donors (Lipinski definition) is 2. The lowest BCUT2D eigenvalue weighted by Gasteiger charge is -2.32. The highest BCUT2D eigenvalue weighted by atomic mass is 15.3. The van der Waals surface area contributed by atoms with Gasteiger partial charge in [0.1, 0.15) is 0 Å². The van der Waals surface area contributed by atoms with E-state index in [0.29, 0.717) is 6.54 Å². The van der Waals surface area contributed by atoms with Crippen molar-refractivity contribution in [1.29, 1.82) is 0 Å². The Morgan fingerprint density at radius 1 is 1.59 bits per heavy atom. The van der Waals surface area contributed by atoms with Gasteiger partial charge in [0, 0.05) is 31.2 Å². The van der Waals surface area contributed by atoms with Gasteiger partial charge in [0.25, 0.3) is 0 Å². The van der Waals surface area contributed by atoms with Crippen LogP contribution >= 0.6 is 0 Å². The fourth-order valence-corrected chi connectivity index (χ4v) is 2.85. The molecule has 0 radical (unpaired) electrons. The normalized spacial score (nSPS) is 31.4. The average molecular weight is 235 g/mol. The van der Waals surface area contributed by atoms with Gasteiger partial charge in [0.2, 0.25) is 0 Å². The maximum absolute atomic E-state index is 5.99. The average Bonchev–Trinajstić information content (AvgIpc) is 3.11. The molecule has 0 aromatic rings. The second-order valence-corrected chi connectivity index (χ2v) is 5.59. The van der Waals surface area contributed by atoms with E-state index in [-0.39, 0.29) is 11.6 Å². The van der Waals surface area contributed by atoms with Gasteiger partial charge in [-0.3, -0.25) is 10.2 Å². The Morgan fingerprint density at radius 3 is 2.88 bits per heavy atom. The van der Waals surface area contributed by atoms with Crippen molar-refractivity contribution < 1.29 is 0 Å². The van der Waals surface area contributed by atoms with E-state index in [1.807, 2.05) is 0 Å². The molecule has 3 heteroatoms. The largest absolute Gasteiger partial charge is 0.329 e. The molecule has 0 amide bonds. The number of nitrogens with two attached hydrogens (primary N) is 1. The third-order valence-electron chi connectivity index (χ3n) is 4.10. The van der Waals surface area contributed by atoms with Crippen LogP contribution in [0.3, 0.4) is 0 Å². The molecule has 2 aliphatic rings. The molecule has 3 nitrogen and oxygen atoms in total. The molecule has 3 N–H and O–H groups in total. The van der Waals surface area contributed by atoms with Crippen LogP contribution in [0.4, 0.5) is 0 Å². The van der Waals surface area contributed by atoms with Gasteiger partial charge in [0.05, 0.1) is 6.04 Å². The van der Waals surface area contributed by atoms with Gasteiger partial charge >= 0.3 is 0 Å². The summed E-state index contributed by atoms with van der Waals surface area (Å²) < 4.78 is 0. The highest BCUT2D eigenvalue weighted by molar-refractivity contribution is 5.08. The van der Waals surface area contributed by atoms with Gasteiger partial charge < -0.3 is 5.73 Å². The highest BCUT2D eigenvalue weighted by Crippen LogP contribution is 2.33. The van der Waals surface area contributed by atoms with Crippen LogP contribution in [-0.2, 0) is 0 Å². The third-order valence-corrected chi connectivity index (χ3v) is 4.10. The van der Waals surface area contributed by atoms with Crippen LogP contribution in [0.1, 0.15) is 39.0 Å². The van der Waals surface area contributed by atoms with Crippen LogP contribution in [-0.4, -0.2) is 42.2 Å². The van der Waals surface area contributed by atoms with E-state index in [9.17, 15) is 0 Å². The van der Waals surface area contributed by atoms with Crippen LogP contribution in [0.15, 0.2) is 0 Å². The molecule has 0 bridgehead atoms. The molecule has 0 aromatic carbocycles. The number of hydrogen-bond acceptors (Lipinski definition) is 3. The monoisotopic (exact) mass is 235 g/mol. The summed E-state index contributed by atoms with van der Waals surface area (Å²) in [6.45, 7) is 5.12. The summed E-state index contributed by atoms with van der Waals surface area (Å²) in [5.41, 5.74) is 6.06. The van der Waals surface area contributed by atoms with Gasteiger partial charge in [-0.05, 0) is 25.7 Å². The Kier molecular flexibility index (Phi) is 4.09. The van der Waals surface area contributed by atoms with Gasteiger partial charge in [0.15, 0.2) is 0 Å². The van der Waals surface area contributed by atoms with Crippen LogP contribution in [0.2, 0.25) is 0 Å². The zero-order valence-electron chi connectivity index (χ0n) is 10.9. The molecule has 2 rings (SSSR count). The van der Waals surface area contributed by atoms with E-state index < -0.39 is 0 Å². The van der Waals surface area contributed by atoms with Crippen LogP contribution in [0, 0.1) is 12.3 Å². The van der Waals surface area contributed by atoms with Gasteiger partial charge in [-0.2, -0.15) is 0 Å². The Morgan fingerprint density at radius 2 is 2.35 bits per heavy atom. The lowest BCUT2D eigenvalue weighted by molar-refractivity contribution is 0.266. The van der Waals surface area contributed by atoms with Crippen molar-refractivity contribution in [3.05, 3.63) is 0 Å². The fraction of sp³-hybridized carbons (Fsp3) is 0.857. The quantitative estimate of drug-likeness (QED) is 0.673. The van der Waals surface area contributed by atoms with Crippen LogP contribution in [0.25, 0.3) is 0 Å². The minimum absolute atomic E-state index is 0.0643. The number of terminal acetylenes is 1. The summed E-state index contributed by atoms with van der Waals surface area (Å²) in [6.07, 6.45) is 11.6. The third kappa shape index (κ3) is 3.01. The van der Waals surface area contributed by atoms with E-state index >= 15 is 0 Å². The number of nitrogens with zero attached hydrogens (tertiary/aromatic N) is 1. The molecule has 1 saturated heterocycles. The van der Waals surface area contributed by atoms with Crippen molar-refractivity contribution in [2.75, 3.05) is 19.6 Å². The van der Waals surface area contributed by atoms with Gasteiger partial charge in [-0.15, -0.1) is 6.42 Å². The maximum atomic E-state index is 5.99. The molecule has 2 fully saturated rings. The van der Waals surface area contributed by atoms with E-state index in [1.165, 1.54) is 19.4 Å². The summed E-state index contributed by atoms with van der Waals surface area (Å²) in [7, 11) is 0. The van der Waals surface area contributed by atoms with Crippen molar-refractivity contribution in [3.8, 4) is 12.3 Å². The van der Waals surface area contributed by atoms with E-state index in [4.69, 9.17) is 12.2 Å². The molecule has 96 valence electrons. The van der Waals surface area contributed by atoms with Crippen molar-refractivity contribution in [2.24, 2.45) is 5.73 Å². The molecule has 0 spiro atoms. The summed E-state index contributed by atoms with van der Waals surface area (Å²) in [5, 5.41) is 3.64. The first-order valence-electron chi connectivity index (χ1n) is 6.91. The molecule has 0 aromatic heterocycles. The smallest absolute Gasteiger partial charge is 0.0691 e. The first kappa shape index (κ1) is 12.9. The van der Waals surface area contributed by atoms with Crippen molar-refractivity contribution in [3.63, 3.8) is 0 Å². The number of nitrogens with one attached hydrogen (secondary N) is 1. The first-order valence-corrected chi connectivity index (χ1v) is 6.91. The molecule has 1 aliphatic carbocycles. The summed E-state index contributed by atoms with van der Waals surface area (Å²) in [4.78, 5) is 2.58. The Labute approximate surface area is 105 Å². The van der Waals surface area contributed by atoms with E-state index in [1.54, 1.807) is 0 Å². The van der Waals surface area contributed by atoms with Crippen molar-refractivity contribution >= 4 is 0 Å². The topological polar surface area (TPSA) is 41.3 Å². The summed E-state index contributed by atoms with van der Waals surface area (Å²) >= 11 is 0. The Hall–Kier alpha value is -0.560. The minimum Gasteiger partial charge on any atom is -0.329 e. The highest BCUT2D eigenvalue weighted by Gasteiger charge is 2.42. The standard InChI is InChI=1S/C14H25N3/c1-3-5-12(4-2)16-14(10-15)8-9-17(11-14)13-6-7-13/h2,12-13,16H,3,5-11,15H2,1H3. The molecule has 1 heterocycles. The summed E-state index contributed by atoms with van der Waals surface area (Å²) in [5.74, 6) is 2.86. The SMILES string of the molecule is C#CC(CCC)NC1(CN)CCN(C2CC2)C1. The number of rotatable bonds is 6. The lowest BCUT2D eigenvalue weighted by Crippen LogP contribution is -2.56. The Bertz CT molecular complexity index is 292. The predicted octanol–water partition coefficient (Wildman–Crippen LogP) is 0.944. The van der Waals surface area contributed by atoms with Crippen molar-refractivity contribution in [1.82, 2.24) is 10.2 Å². The maximum Gasteiger partial charge on any atom is 0.0691 e. The molecule has 1 saturated carbocycles. The molecular weight excluding hydrogens is 210 g/mol. The molecular formula is C14H25N3. The van der Waals surface area contributed by atoms with Crippen LogP contribution < -0.4 is 11.1 Å². The zero-order valence-corrected chi connectivity index (χ0v) is 10.9. The zero-order chi connectivity index (χ0) is 12.3. The first-order chi connectivity index (χ1) is 8.23. The van der Waals surface area contributed by atoms with Crippen LogP contribution in [0.5, 0.6) is 0 Å².